The third kappa shape index (κ3) is 6.46. The zero-order valence-corrected chi connectivity index (χ0v) is 34.4. The third-order valence-corrected chi connectivity index (χ3v) is 12.4. The van der Waals surface area contributed by atoms with Gasteiger partial charge in [-0.2, -0.15) is 0 Å². The van der Waals surface area contributed by atoms with Gasteiger partial charge in [-0.3, -0.25) is 0 Å². The second-order valence-corrected chi connectivity index (χ2v) is 16.1. The van der Waals surface area contributed by atoms with Gasteiger partial charge in [0.2, 0.25) is 0 Å². The van der Waals surface area contributed by atoms with Gasteiger partial charge in [0, 0.05) is 49.9 Å². The Kier molecular flexibility index (Phi) is 8.83. The molecular weight excluding hydrogens is 765 g/mol. The zero-order valence-electron chi connectivity index (χ0n) is 34.4. The first kappa shape index (κ1) is 36.5. The monoisotopic (exact) mass is 804 g/mol. The molecule has 0 spiro atoms. The van der Waals surface area contributed by atoms with Crippen molar-refractivity contribution in [3.63, 3.8) is 0 Å². The maximum atomic E-state index is 6.63. The number of benzene rings is 10. The lowest BCUT2D eigenvalue weighted by atomic mass is 9.92. The van der Waals surface area contributed by atoms with Gasteiger partial charge < -0.3 is 13.9 Å². The molecule has 0 bridgehead atoms. The van der Waals surface area contributed by atoms with E-state index in [0.29, 0.717) is 0 Å². The van der Waals surface area contributed by atoms with Crippen LogP contribution in [0.4, 0.5) is 17.1 Å². The predicted molar refractivity (Wildman–Crippen MR) is 264 cm³/mol. The number of fused-ring (bicyclic) bond motifs is 6. The van der Waals surface area contributed by atoms with E-state index in [1.54, 1.807) is 0 Å². The maximum absolute atomic E-state index is 6.63. The van der Waals surface area contributed by atoms with Gasteiger partial charge in [0.1, 0.15) is 11.2 Å². The molecule has 2 heterocycles. The van der Waals surface area contributed by atoms with Crippen LogP contribution in [0.25, 0.3) is 93.9 Å². The van der Waals surface area contributed by atoms with Crippen molar-refractivity contribution in [1.82, 2.24) is 4.57 Å². The lowest BCUT2D eigenvalue weighted by molar-refractivity contribution is 0.670. The minimum Gasteiger partial charge on any atom is -0.455 e. The van der Waals surface area contributed by atoms with Crippen molar-refractivity contribution in [2.75, 3.05) is 4.90 Å². The van der Waals surface area contributed by atoms with Crippen molar-refractivity contribution in [3.05, 3.63) is 243 Å². The molecule has 296 valence electrons. The lowest BCUT2D eigenvalue weighted by Gasteiger charge is -2.26. The van der Waals surface area contributed by atoms with Crippen molar-refractivity contribution in [2.45, 2.75) is 0 Å². The quantitative estimate of drug-likeness (QED) is 0.153. The van der Waals surface area contributed by atoms with Gasteiger partial charge in [-0.05, 0) is 130 Å². The van der Waals surface area contributed by atoms with Gasteiger partial charge in [-0.1, -0.05) is 152 Å². The fraction of sp³-hybridized carbons (Fsp3) is 0. The highest BCUT2D eigenvalue weighted by Gasteiger charge is 2.18. The molecule has 2 aromatic heterocycles. The van der Waals surface area contributed by atoms with Crippen LogP contribution in [0.15, 0.2) is 247 Å². The number of para-hydroxylation sites is 5. The summed E-state index contributed by atoms with van der Waals surface area (Å²) < 4.78 is 9.00. The van der Waals surface area contributed by atoms with Crippen LogP contribution in [0.2, 0.25) is 0 Å². The largest absolute Gasteiger partial charge is 0.455 e. The van der Waals surface area contributed by atoms with E-state index in [-0.39, 0.29) is 0 Å². The topological polar surface area (TPSA) is 21.3 Å². The Morgan fingerprint density at radius 3 is 1.54 bits per heavy atom. The zero-order chi connectivity index (χ0) is 41.7. The van der Waals surface area contributed by atoms with E-state index >= 15 is 0 Å². The highest BCUT2D eigenvalue weighted by Crippen LogP contribution is 2.42. The fourth-order valence-corrected chi connectivity index (χ4v) is 9.36. The second kappa shape index (κ2) is 15.3. The highest BCUT2D eigenvalue weighted by molar-refractivity contribution is 6.12. The number of hydrogen-bond acceptors (Lipinski definition) is 2. The SMILES string of the molecule is c1ccc(-c2ccc(N(c3ccccc3)c3ccc(-c4cc(-c5ccc6c(c5)c5ccccc5n6-c5ccccc5)cc(-c5cccc6c5oc5ccccc56)c4)cc3)cc2)cc1. The first-order valence-electron chi connectivity index (χ1n) is 21.5. The van der Waals surface area contributed by atoms with E-state index in [1.165, 1.54) is 32.9 Å². The number of nitrogens with zero attached hydrogens (tertiary/aromatic N) is 2. The van der Waals surface area contributed by atoms with E-state index in [2.05, 4.69) is 246 Å². The minimum atomic E-state index is 0.893. The Morgan fingerprint density at radius 1 is 0.302 bits per heavy atom. The average Bonchev–Trinajstić information content (AvgIpc) is 3.91. The second-order valence-electron chi connectivity index (χ2n) is 16.1. The maximum Gasteiger partial charge on any atom is 0.143 e. The van der Waals surface area contributed by atoms with Crippen LogP contribution in [0, 0.1) is 0 Å². The highest BCUT2D eigenvalue weighted by atomic mass is 16.3. The molecule has 0 N–H and O–H groups in total. The molecule has 0 saturated heterocycles. The molecule has 12 aromatic rings. The van der Waals surface area contributed by atoms with E-state index in [4.69, 9.17) is 4.42 Å². The summed E-state index contributed by atoms with van der Waals surface area (Å²) in [7, 11) is 0. The Hall–Kier alpha value is -8.40. The van der Waals surface area contributed by atoms with Crippen LogP contribution in [-0.4, -0.2) is 4.57 Å². The van der Waals surface area contributed by atoms with Crippen molar-refractivity contribution in [2.24, 2.45) is 0 Å². The first-order valence-corrected chi connectivity index (χ1v) is 21.5. The number of aromatic nitrogens is 1. The van der Waals surface area contributed by atoms with Gasteiger partial charge in [0.15, 0.2) is 0 Å². The van der Waals surface area contributed by atoms with Crippen LogP contribution in [0.1, 0.15) is 0 Å². The van der Waals surface area contributed by atoms with Crippen LogP contribution in [-0.2, 0) is 0 Å². The molecule has 3 nitrogen and oxygen atoms in total. The molecule has 0 unspecified atom stereocenters. The van der Waals surface area contributed by atoms with Crippen LogP contribution >= 0.6 is 0 Å². The van der Waals surface area contributed by atoms with Crippen LogP contribution in [0.3, 0.4) is 0 Å². The molecule has 0 fully saturated rings. The summed E-state index contributed by atoms with van der Waals surface area (Å²) in [4.78, 5) is 2.32. The molecule has 0 aliphatic heterocycles. The smallest absolute Gasteiger partial charge is 0.143 e. The first-order chi connectivity index (χ1) is 31.2. The fourth-order valence-electron chi connectivity index (χ4n) is 9.36. The number of furan rings is 1. The summed E-state index contributed by atoms with van der Waals surface area (Å²) >= 11 is 0. The molecule has 0 amide bonds. The van der Waals surface area contributed by atoms with Gasteiger partial charge >= 0.3 is 0 Å². The number of rotatable bonds is 8. The Bertz CT molecular complexity index is 3590. The summed E-state index contributed by atoms with van der Waals surface area (Å²) in [5.41, 5.74) is 17.7. The molecule has 63 heavy (non-hydrogen) atoms. The van der Waals surface area contributed by atoms with Gasteiger partial charge in [-0.15, -0.1) is 0 Å². The molecular formula is C60H40N2O. The van der Waals surface area contributed by atoms with E-state index in [1.807, 2.05) is 6.07 Å². The van der Waals surface area contributed by atoms with Crippen molar-refractivity contribution >= 4 is 60.8 Å². The van der Waals surface area contributed by atoms with Crippen molar-refractivity contribution in [1.29, 1.82) is 0 Å². The number of anilines is 3. The van der Waals surface area contributed by atoms with Gasteiger partial charge in [0.25, 0.3) is 0 Å². The number of hydrogen-bond donors (Lipinski definition) is 0. The Balaban J connectivity index is 1.00. The summed E-state index contributed by atoms with van der Waals surface area (Å²) in [5.74, 6) is 0. The van der Waals surface area contributed by atoms with Crippen molar-refractivity contribution < 1.29 is 4.42 Å². The minimum absolute atomic E-state index is 0.893. The van der Waals surface area contributed by atoms with Crippen LogP contribution < -0.4 is 4.90 Å². The van der Waals surface area contributed by atoms with Crippen LogP contribution in [0.5, 0.6) is 0 Å². The molecule has 0 saturated carbocycles. The Morgan fingerprint density at radius 2 is 0.810 bits per heavy atom. The van der Waals surface area contributed by atoms with E-state index in [9.17, 15) is 0 Å². The van der Waals surface area contributed by atoms with Gasteiger partial charge in [0.05, 0.1) is 11.0 Å². The lowest BCUT2D eigenvalue weighted by Crippen LogP contribution is -2.09. The Labute approximate surface area is 366 Å². The molecule has 0 atom stereocenters. The summed E-state index contributed by atoms with van der Waals surface area (Å²) in [6.07, 6.45) is 0. The third-order valence-electron chi connectivity index (χ3n) is 12.4. The molecule has 0 radical (unpaired) electrons. The van der Waals surface area contributed by atoms with Gasteiger partial charge in [-0.25, -0.2) is 0 Å². The van der Waals surface area contributed by atoms with Crippen molar-refractivity contribution in [3.8, 4) is 50.2 Å². The standard InChI is InChI=1S/C60H40N2O/c1-4-15-41(16-5-1)42-27-32-50(33-28-42)61(48-17-6-2-7-18-48)51-34-29-43(30-35-51)45-37-46(39-47(38-45)52-23-14-24-55-54-22-11-13-26-59(54)63-60(52)55)44-31-36-58-56(40-44)53-21-10-12-25-57(53)62(58)49-19-8-3-9-20-49/h1-40H. The molecule has 10 aromatic carbocycles. The van der Waals surface area contributed by atoms with E-state index in [0.717, 1.165) is 78.1 Å². The average molecular weight is 805 g/mol. The summed E-state index contributed by atoms with van der Waals surface area (Å²) in [5, 5.41) is 4.70. The normalized spacial score (nSPS) is 11.5. The van der Waals surface area contributed by atoms with E-state index < -0.39 is 0 Å². The molecule has 0 aliphatic rings. The molecule has 3 heteroatoms. The summed E-state index contributed by atoms with van der Waals surface area (Å²) in [6, 6.07) is 87.1. The molecule has 0 aliphatic carbocycles. The summed E-state index contributed by atoms with van der Waals surface area (Å²) in [6.45, 7) is 0. The molecule has 12 rings (SSSR count). The predicted octanol–water partition coefficient (Wildman–Crippen LogP) is 16.8.